The lowest BCUT2D eigenvalue weighted by molar-refractivity contribution is -0.00591. The molecule has 4 nitrogen and oxygen atoms in total. The molecule has 0 N–H and O–H groups in total. The molecule has 0 aliphatic carbocycles. The van der Waals surface area contributed by atoms with Crippen LogP contribution in [0.25, 0.3) is 0 Å². The Bertz CT molecular complexity index is 441. The van der Waals surface area contributed by atoms with E-state index >= 15 is 0 Å². The van der Waals surface area contributed by atoms with Gasteiger partial charge in [-0.1, -0.05) is 0 Å². The summed E-state index contributed by atoms with van der Waals surface area (Å²) in [5, 5.41) is 0. The molecule has 1 aromatic rings. The zero-order valence-corrected chi connectivity index (χ0v) is 10.3. The van der Waals surface area contributed by atoms with Gasteiger partial charge < -0.3 is 14.2 Å². The number of hydrogen-bond donors (Lipinski definition) is 0. The fourth-order valence-corrected chi connectivity index (χ4v) is 2.07. The van der Waals surface area contributed by atoms with Crippen molar-refractivity contribution in [2.75, 3.05) is 20.8 Å². The number of methoxy groups -OCH3 is 2. The van der Waals surface area contributed by atoms with E-state index in [1.807, 2.05) is 6.92 Å². The Kier molecular flexibility index (Phi) is 3.07. The van der Waals surface area contributed by atoms with Crippen LogP contribution < -0.4 is 9.47 Å². The van der Waals surface area contributed by atoms with Crippen molar-refractivity contribution >= 4 is 5.78 Å². The minimum absolute atomic E-state index is 0.0773. The molecule has 0 fully saturated rings. The molecule has 0 bridgehead atoms. The highest BCUT2D eigenvalue weighted by Crippen LogP contribution is 2.35. The van der Waals surface area contributed by atoms with Crippen LogP contribution in [0.2, 0.25) is 0 Å². The Morgan fingerprint density at radius 2 is 2.18 bits per heavy atom. The Hall–Kier alpha value is -1.55. The highest BCUT2D eigenvalue weighted by Gasteiger charge is 2.36. The molecule has 2 rings (SSSR count). The number of benzene rings is 1. The molecule has 1 aliphatic heterocycles. The molecule has 1 unspecified atom stereocenters. The second-order valence-corrected chi connectivity index (χ2v) is 4.45. The fraction of sp³-hybridized carbons (Fsp3) is 0.462. The summed E-state index contributed by atoms with van der Waals surface area (Å²) >= 11 is 0. The maximum Gasteiger partial charge on any atom is 0.170 e. The summed E-state index contributed by atoms with van der Waals surface area (Å²) in [5.74, 6) is 1.33. The first-order chi connectivity index (χ1) is 8.08. The van der Waals surface area contributed by atoms with Gasteiger partial charge in [0, 0.05) is 13.2 Å². The summed E-state index contributed by atoms with van der Waals surface area (Å²) in [4.78, 5) is 12.0. The van der Waals surface area contributed by atoms with Crippen LogP contribution in [0.1, 0.15) is 23.7 Å². The number of hydrogen-bond acceptors (Lipinski definition) is 4. The average molecular weight is 236 g/mol. The minimum Gasteiger partial charge on any atom is -0.497 e. The molecule has 0 saturated carbocycles. The molecule has 0 amide bonds. The zero-order chi connectivity index (χ0) is 12.5. The maximum absolute atomic E-state index is 12.0. The van der Waals surface area contributed by atoms with Gasteiger partial charge in [0.2, 0.25) is 0 Å². The Labute approximate surface area is 100 Å². The van der Waals surface area contributed by atoms with Gasteiger partial charge >= 0.3 is 0 Å². The summed E-state index contributed by atoms with van der Waals surface area (Å²) in [6.45, 7) is 2.26. The maximum atomic E-state index is 12.0. The molecular formula is C13H16O4. The molecule has 1 aliphatic rings. The molecule has 1 atom stereocenters. The van der Waals surface area contributed by atoms with Crippen molar-refractivity contribution in [2.45, 2.75) is 18.9 Å². The Morgan fingerprint density at radius 1 is 1.41 bits per heavy atom. The third-order valence-electron chi connectivity index (χ3n) is 2.83. The van der Waals surface area contributed by atoms with Gasteiger partial charge in [-0.15, -0.1) is 0 Å². The molecule has 4 heteroatoms. The third kappa shape index (κ3) is 2.26. The number of ether oxygens (including phenoxy) is 3. The van der Waals surface area contributed by atoms with Crippen molar-refractivity contribution in [1.29, 1.82) is 0 Å². The molecule has 1 aromatic carbocycles. The summed E-state index contributed by atoms with van der Waals surface area (Å²) in [7, 11) is 3.18. The van der Waals surface area contributed by atoms with E-state index in [1.54, 1.807) is 32.4 Å². The first-order valence-corrected chi connectivity index (χ1v) is 5.47. The van der Waals surface area contributed by atoms with Crippen LogP contribution in [0.3, 0.4) is 0 Å². The van der Waals surface area contributed by atoms with Crippen molar-refractivity contribution in [3.05, 3.63) is 23.8 Å². The van der Waals surface area contributed by atoms with E-state index in [4.69, 9.17) is 14.2 Å². The summed E-state index contributed by atoms with van der Waals surface area (Å²) in [6.07, 6.45) is 0.334. The second-order valence-electron chi connectivity index (χ2n) is 4.45. The molecule has 0 saturated heterocycles. The van der Waals surface area contributed by atoms with E-state index in [9.17, 15) is 4.79 Å². The number of fused-ring (bicyclic) bond motifs is 1. The number of carbonyl (C=O) groups excluding carboxylic acids is 1. The topological polar surface area (TPSA) is 44.8 Å². The standard InChI is InChI=1S/C13H16O4/c1-13(8-15-2)7-11(14)10-5-4-9(16-3)6-12(10)17-13/h4-6H,7-8H2,1-3H3. The normalized spacial score (nSPS) is 22.9. The number of carbonyl (C=O) groups is 1. The summed E-state index contributed by atoms with van der Waals surface area (Å²) in [6, 6.07) is 5.24. The smallest absolute Gasteiger partial charge is 0.170 e. The van der Waals surface area contributed by atoms with Gasteiger partial charge in [-0.3, -0.25) is 4.79 Å². The molecule has 0 spiro atoms. The lowest BCUT2D eigenvalue weighted by Gasteiger charge is -2.34. The van der Waals surface area contributed by atoms with E-state index in [-0.39, 0.29) is 5.78 Å². The first kappa shape index (κ1) is 11.9. The third-order valence-corrected chi connectivity index (χ3v) is 2.83. The summed E-state index contributed by atoms with van der Waals surface area (Å²) < 4.78 is 16.1. The molecule has 0 radical (unpaired) electrons. The molecule has 0 aromatic heterocycles. The van der Waals surface area contributed by atoms with Crippen LogP contribution in [0, 0.1) is 0 Å². The predicted octanol–water partition coefficient (Wildman–Crippen LogP) is 2.07. The number of ketones is 1. The van der Waals surface area contributed by atoms with Gasteiger partial charge in [0.1, 0.15) is 17.1 Å². The Balaban J connectivity index is 2.36. The van der Waals surface area contributed by atoms with Crippen molar-refractivity contribution < 1.29 is 19.0 Å². The molecule has 1 heterocycles. The van der Waals surface area contributed by atoms with Gasteiger partial charge in [-0.25, -0.2) is 0 Å². The van der Waals surface area contributed by atoms with Crippen molar-refractivity contribution in [3.8, 4) is 11.5 Å². The van der Waals surface area contributed by atoms with E-state index in [0.29, 0.717) is 30.1 Å². The average Bonchev–Trinajstić information content (AvgIpc) is 2.27. The van der Waals surface area contributed by atoms with Gasteiger partial charge in [0.05, 0.1) is 25.7 Å². The van der Waals surface area contributed by atoms with Gasteiger partial charge in [0.15, 0.2) is 5.78 Å². The molecular weight excluding hydrogens is 220 g/mol. The lowest BCUT2D eigenvalue weighted by Crippen LogP contribution is -2.43. The van der Waals surface area contributed by atoms with Crippen LogP contribution in [0.15, 0.2) is 18.2 Å². The van der Waals surface area contributed by atoms with Crippen LogP contribution in [-0.4, -0.2) is 32.2 Å². The van der Waals surface area contributed by atoms with Crippen LogP contribution in [-0.2, 0) is 4.74 Å². The van der Waals surface area contributed by atoms with Gasteiger partial charge in [-0.05, 0) is 19.1 Å². The van der Waals surface area contributed by atoms with E-state index < -0.39 is 5.60 Å². The first-order valence-electron chi connectivity index (χ1n) is 5.47. The highest BCUT2D eigenvalue weighted by molar-refractivity contribution is 6.00. The lowest BCUT2D eigenvalue weighted by atomic mass is 9.92. The number of rotatable bonds is 3. The minimum atomic E-state index is -0.592. The van der Waals surface area contributed by atoms with E-state index in [0.717, 1.165) is 0 Å². The monoisotopic (exact) mass is 236 g/mol. The van der Waals surface area contributed by atoms with E-state index in [2.05, 4.69) is 0 Å². The van der Waals surface area contributed by atoms with Crippen LogP contribution in [0.4, 0.5) is 0 Å². The Morgan fingerprint density at radius 3 is 2.82 bits per heavy atom. The fourth-order valence-electron chi connectivity index (χ4n) is 2.07. The van der Waals surface area contributed by atoms with Crippen LogP contribution >= 0.6 is 0 Å². The number of Topliss-reactive ketones (excluding diaryl/α,β-unsaturated/α-hetero) is 1. The van der Waals surface area contributed by atoms with E-state index in [1.165, 1.54) is 0 Å². The largest absolute Gasteiger partial charge is 0.497 e. The SMILES string of the molecule is COCC1(C)CC(=O)c2ccc(OC)cc2O1. The quantitative estimate of drug-likeness (QED) is 0.805. The van der Waals surface area contributed by atoms with Gasteiger partial charge in [-0.2, -0.15) is 0 Å². The van der Waals surface area contributed by atoms with Crippen molar-refractivity contribution in [1.82, 2.24) is 0 Å². The van der Waals surface area contributed by atoms with Crippen molar-refractivity contribution in [3.63, 3.8) is 0 Å². The predicted molar refractivity (Wildman–Crippen MR) is 62.9 cm³/mol. The van der Waals surface area contributed by atoms with Crippen LogP contribution in [0.5, 0.6) is 11.5 Å². The molecule has 92 valence electrons. The molecule has 17 heavy (non-hydrogen) atoms. The van der Waals surface area contributed by atoms with Crippen molar-refractivity contribution in [2.24, 2.45) is 0 Å². The summed E-state index contributed by atoms with van der Waals surface area (Å²) in [5.41, 5.74) is 0.0185. The zero-order valence-electron chi connectivity index (χ0n) is 10.3. The van der Waals surface area contributed by atoms with Gasteiger partial charge in [0.25, 0.3) is 0 Å². The second kappa shape index (κ2) is 4.37. The highest BCUT2D eigenvalue weighted by atomic mass is 16.5.